The smallest absolute Gasteiger partial charge is 0.221 e. The number of hydrogen-bond donors (Lipinski definition) is 2. The quantitative estimate of drug-likeness (QED) is 0.188. The number of aromatic amines is 1. The Balaban J connectivity index is 1.95. The largest absolute Gasteiger partial charge is 0.372 e. The Morgan fingerprint density at radius 1 is 0.689 bits per heavy atom. The van der Waals surface area contributed by atoms with Crippen LogP contribution in [0.4, 0.5) is 17.1 Å². The summed E-state index contributed by atoms with van der Waals surface area (Å²) in [5, 5.41) is 3.17. The molecular weight excluding hydrogens is 554 g/mol. The third-order valence-electron chi connectivity index (χ3n) is 8.59. The predicted octanol–water partition coefficient (Wildman–Crippen LogP) is 9.66. The van der Waals surface area contributed by atoms with Crippen LogP contribution in [0.15, 0.2) is 60.7 Å². The molecule has 0 saturated heterocycles. The minimum Gasteiger partial charge on any atom is -0.372 e. The molecule has 45 heavy (non-hydrogen) atoms. The van der Waals surface area contributed by atoms with Crippen molar-refractivity contribution in [2.75, 3.05) is 41.3 Å². The van der Waals surface area contributed by atoms with Crippen molar-refractivity contribution in [1.29, 1.82) is 0 Å². The molecule has 1 aromatic heterocycles. The van der Waals surface area contributed by atoms with Gasteiger partial charge in [-0.1, -0.05) is 65.8 Å². The summed E-state index contributed by atoms with van der Waals surface area (Å²) in [6, 6.07) is 21.9. The van der Waals surface area contributed by atoms with Gasteiger partial charge in [0.15, 0.2) is 0 Å². The van der Waals surface area contributed by atoms with Gasteiger partial charge in [-0.2, -0.15) is 0 Å². The van der Waals surface area contributed by atoms with E-state index >= 15 is 0 Å². The first-order valence-corrected chi connectivity index (χ1v) is 16.5. The molecule has 0 atom stereocenters. The number of H-pyrrole nitrogens is 1. The van der Waals surface area contributed by atoms with Crippen LogP contribution in [-0.2, 0) is 15.6 Å². The van der Waals surface area contributed by atoms with Gasteiger partial charge in [-0.3, -0.25) is 4.79 Å². The Bertz CT molecular complexity index is 1490. The molecule has 1 heterocycles. The first-order chi connectivity index (χ1) is 21.2. The maximum absolute atomic E-state index is 12.4. The number of rotatable bonds is 10. The van der Waals surface area contributed by atoms with Crippen LogP contribution in [-0.4, -0.2) is 42.1 Å². The van der Waals surface area contributed by atoms with E-state index in [-0.39, 0.29) is 16.7 Å². The molecule has 6 nitrogen and oxygen atoms in total. The van der Waals surface area contributed by atoms with Gasteiger partial charge in [-0.05, 0) is 86.1 Å². The number of carbonyl (C=O) groups excluding carboxylic acids is 1. The van der Waals surface area contributed by atoms with Crippen molar-refractivity contribution in [3.63, 3.8) is 0 Å². The van der Waals surface area contributed by atoms with Gasteiger partial charge in [0, 0.05) is 66.9 Å². The van der Waals surface area contributed by atoms with E-state index in [0.717, 1.165) is 76.9 Å². The summed E-state index contributed by atoms with van der Waals surface area (Å²) in [4.78, 5) is 26.1. The molecule has 4 aromatic rings. The molecule has 0 radical (unpaired) electrons. The van der Waals surface area contributed by atoms with Crippen molar-refractivity contribution in [2.45, 2.75) is 87.0 Å². The van der Waals surface area contributed by atoms with Crippen molar-refractivity contribution >= 4 is 23.0 Å². The van der Waals surface area contributed by atoms with E-state index in [1.54, 1.807) is 6.92 Å². The Labute approximate surface area is 271 Å². The van der Waals surface area contributed by atoms with Gasteiger partial charge in [0.25, 0.3) is 0 Å². The van der Waals surface area contributed by atoms with Crippen LogP contribution < -0.4 is 15.1 Å². The maximum Gasteiger partial charge on any atom is 0.221 e. The first kappa shape index (κ1) is 33.8. The van der Waals surface area contributed by atoms with E-state index in [0.29, 0.717) is 0 Å². The molecule has 0 fully saturated rings. The minimum atomic E-state index is -0.202. The minimum absolute atomic E-state index is 0.0670. The van der Waals surface area contributed by atoms with E-state index in [2.05, 4.69) is 150 Å². The molecule has 6 heteroatoms. The van der Waals surface area contributed by atoms with Crippen LogP contribution in [0.25, 0.3) is 33.9 Å². The molecule has 0 aliphatic heterocycles. The fraction of sp³-hybridized carbons (Fsp3) is 0.436. The van der Waals surface area contributed by atoms with Crippen LogP contribution in [0.1, 0.15) is 87.3 Å². The van der Waals surface area contributed by atoms with Crippen molar-refractivity contribution in [2.24, 2.45) is 0 Å². The highest BCUT2D eigenvalue weighted by Gasteiger charge is 2.28. The normalized spacial score (nSPS) is 11.9. The van der Waals surface area contributed by atoms with Crippen LogP contribution >= 0.6 is 0 Å². The number of nitrogens with one attached hydrogen (secondary N) is 2. The van der Waals surface area contributed by atoms with Crippen molar-refractivity contribution < 1.29 is 4.79 Å². The molecule has 0 aliphatic rings. The van der Waals surface area contributed by atoms with Gasteiger partial charge in [0.05, 0.1) is 11.4 Å². The summed E-state index contributed by atoms with van der Waals surface area (Å²) >= 11 is 0. The van der Waals surface area contributed by atoms with Gasteiger partial charge < -0.3 is 20.1 Å². The van der Waals surface area contributed by atoms with E-state index < -0.39 is 0 Å². The number of anilines is 3. The average molecular weight is 608 g/mol. The van der Waals surface area contributed by atoms with Crippen LogP contribution in [0, 0.1) is 0 Å². The van der Waals surface area contributed by atoms with Crippen LogP contribution in [0.5, 0.6) is 0 Å². The van der Waals surface area contributed by atoms with Crippen molar-refractivity contribution in [1.82, 2.24) is 9.97 Å². The average Bonchev–Trinajstić information content (AvgIpc) is 3.43. The van der Waals surface area contributed by atoms with E-state index in [4.69, 9.17) is 4.98 Å². The highest BCUT2D eigenvalue weighted by atomic mass is 16.1. The van der Waals surface area contributed by atoms with Gasteiger partial charge in [0.1, 0.15) is 5.82 Å². The lowest BCUT2D eigenvalue weighted by Gasteiger charge is -2.30. The standard InChI is InChI=1S/C39H53N5O/c1-12-43(13-2)30-20-16-27(17-21-30)34-35(28-18-22-31(23-19-28)44(14-3)15-4)42-37(41-34)29-24-32(38(6,7)8)36(40-26(5)45)33(25-29)39(9,10)11/h16-25H,12-15H2,1-11H3,(H,40,45)(H,41,42). The molecule has 3 aromatic carbocycles. The van der Waals surface area contributed by atoms with Crippen molar-refractivity contribution in [3.05, 3.63) is 71.8 Å². The Kier molecular flexibility index (Phi) is 10.2. The van der Waals surface area contributed by atoms with Gasteiger partial charge in [-0.25, -0.2) is 4.98 Å². The van der Waals surface area contributed by atoms with Crippen LogP contribution in [0.3, 0.4) is 0 Å². The summed E-state index contributed by atoms with van der Waals surface area (Å²) in [5.41, 5.74) is 10.2. The van der Waals surface area contributed by atoms with Gasteiger partial charge in [0.2, 0.25) is 5.91 Å². The zero-order chi connectivity index (χ0) is 33.1. The summed E-state index contributed by atoms with van der Waals surface area (Å²) in [6.45, 7) is 27.3. The fourth-order valence-electron chi connectivity index (χ4n) is 6.05. The lowest BCUT2D eigenvalue weighted by atomic mass is 9.77. The zero-order valence-corrected chi connectivity index (χ0v) is 29.4. The summed E-state index contributed by atoms with van der Waals surface area (Å²) in [7, 11) is 0. The molecule has 0 spiro atoms. The first-order valence-electron chi connectivity index (χ1n) is 16.5. The highest BCUT2D eigenvalue weighted by molar-refractivity contribution is 5.92. The third kappa shape index (κ3) is 7.43. The number of hydrogen-bond acceptors (Lipinski definition) is 4. The maximum atomic E-state index is 12.4. The van der Waals surface area contributed by atoms with Gasteiger partial charge >= 0.3 is 0 Å². The van der Waals surface area contributed by atoms with E-state index in [1.807, 2.05) is 0 Å². The SMILES string of the molecule is CCN(CC)c1ccc(-c2nc(-c3cc(C(C)(C)C)c(NC(C)=O)c(C(C)(C)C)c3)[nH]c2-c2ccc(N(CC)CC)cc2)cc1. The highest BCUT2D eigenvalue weighted by Crippen LogP contribution is 2.42. The lowest BCUT2D eigenvalue weighted by Crippen LogP contribution is -2.23. The second kappa shape index (κ2) is 13.5. The monoisotopic (exact) mass is 607 g/mol. The molecule has 0 unspecified atom stereocenters. The Morgan fingerprint density at radius 2 is 1.11 bits per heavy atom. The number of benzene rings is 3. The third-order valence-corrected chi connectivity index (χ3v) is 8.59. The van der Waals surface area contributed by atoms with E-state index in [9.17, 15) is 4.79 Å². The number of amides is 1. The molecule has 240 valence electrons. The number of aromatic nitrogens is 2. The second-order valence-corrected chi connectivity index (χ2v) is 13.9. The molecule has 0 bridgehead atoms. The second-order valence-electron chi connectivity index (χ2n) is 13.9. The Hall–Kier alpha value is -4.06. The molecule has 0 aliphatic carbocycles. The predicted molar refractivity (Wildman–Crippen MR) is 194 cm³/mol. The fourth-order valence-corrected chi connectivity index (χ4v) is 6.05. The molecule has 4 rings (SSSR count). The molecular formula is C39H53N5O. The van der Waals surface area contributed by atoms with Crippen molar-refractivity contribution in [3.8, 4) is 33.9 Å². The lowest BCUT2D eigenvalue weighted by molar-refractivity contribution is -0.114. The van der Waals surface area contributed by atoms with Crippen LogP contribution in [0.2, 0.25) is 0 Å². The molecule has 0 saturated carbocycles. The summed E-state index contributed by atoms with van der Waals surface area (Å²) in [6.07, 6.45) is 0. The summed E-state index contributed by atoms with van der Waals surface area (Å²) < 4.78 is 0. The number of nitrogens with zero attached hydrogens (tertiary/aromatic N) is 3. The van der Waals surface area contributed by atoms with E-state index in [1.165, 1.54) is 11.4 Å². The van der Waals surface area contributed by atoms with Gasteiger partial charge in [-0.15, -0.1) is 0 Å². The topological polar surface area (TPSA) is 64.3 Å². The molecule has 2 N–H and O–H groups in total. The number of carbonyl (C=O) groups is 1. The molecule has 1 amide bonds. The summed E-state index contributed by atoms with van der Waals surface area (Å²) in [5.74, 6) is 0.744. The number of imidazole rings is 1. The zero-order valence-electron chi connectivity index (χ0n) is 29.4. The Morgan fingerprint density at radius 3 is 1.49 bits per heavy atom.